The summed E-state index contributed by atoms with van der Waals surface area (Å²) in [5, 5.41) is 2.58. The third-order valence-corrected chi connectivity index (χ3v) is 4.71. The van der Waals surface area contributed by atoms with Crippen molar-refractivity contribution in [1.82, 2.24) is 4.98 Å². The number of nitrogens with zero attached hydrogens (tertiary/aromatic N) is 2. The van der Waals surface area contributed by atoms with E-state index in [2.05, 4.69) is 4.98 Å². The summed E-state index contributed by atoms with van der Waals surface area (Å²) in [7, 11) is 1.80. The fourth-order valence-electron chi connectivity index (χ4n) is 2.71. The zero-order chi connectivity index (χ0) is 18.7. The summed E-state index contributed by atoms with van der Waals surface area (Å²) in [6, 6.07) is 15.1. The van der Waals surface area contributed by atoms with Gasteiger partial charge in [-0.25, -0.2) is 5.84 Å². The molecule has 0 aliphatic rings. The van der Waals surface area contributed by atoms with Crippen molar-refractivity contribution < 1.29 is 4.74 Å². The molecular formula is C20H19Cl2N3O. The molecule has 26 heavy (non-hydrogen) atoms. The Bertz CT molecular complexity index is 914. The molecule has 0 saturated heterocycles. The molecule has 0 atom stereocenters. The second-order valence-corrected chi connectivity index (χ2v) is 6.76. The quantitative estimate of drug-likeness (QED) is 0.479. The second kappa shape index (κ2) is 7.96. The third kappa shape index (κ3) is 3.93. The van der Waals surface area contributed by atoms with E-state index >= 15 is 0 Å². The molecule has 0 bridgehead atoms. The third-order valence-electron chi connectivity index (χ3n) is 4.10. The van der Waals surface area contributed by atoms with E-state index in [1.165, 1.54) is 0 Å². The van der Waals surface area contributed by atoms with Gasteiger partial charge in [0.05, 0.1) is 21.4 Å². The fraction of sp³-hybridized carbons (Fsp3) is 0.150. The molecule has 4 nitrogen and oxygen atoms in total. The molecule has 6 heteroatoms. The van der Waals surface area contributed by atoms with Crippen molar-refractivity contribution in [2.24, 2.45) is 5.84 Å². The number of aromatic nitrogens is 1. The number of benzene rings is 2. The molecule has 0 saturated carbocycles. The summed E-state index contributed by atoms with van der Waals surface area (Å²) in [6.07, 6.45) is 1.72. The van der Waals surface area contributed by atoms with Gasteiger partial charge in [0.15, 0.2) is 0 Å². The minimum Gasteiger partial charge on any atom is -0.487 e. The number of hydrazine groups is 1. The highest BCUT2D eigenvalue weighted by atomic mass is 35.5. The zero-order valence-corrected chi connectivity index (χ0v) is 16.1. The number of nitrogens with two attached hydrogens (primary N) is 1. The van der Waals surface area contributed by atoms with E-state index in [4.69, 9.17) is 33.8 Å². The van der Waals surface area contributed by atoms with Gasteiger partial charge in [-0.15, -0.1) is 0 Å². The maximum Gasteiger partial charge on any atom is 0.139 e. The number of hydrogen-bond acceptors (Lipinski definition) is 4. The predicted molar refractivity (Wildman–Crippen MR) is 108 cm³/mol. The molecular weight excluding hydrogens is 369 g/mol. The molecule has 0 radical (unpaired) electrons. The Morgan fingerprint density at radius 3 is 2.58 bits per heavy atom. The van der Waals surface area contributed by atoms with Crippen LogP contribution >= 0.6 is 23.2 Å². The van der Waals surface area contributed by atoms with E-state index in [0.717, 1.165) is 28.1 Å². The van der Waals surface area contributed by atoms with E-state index < -0.39 is 0 Å². The van der Waals surface area contributed by atoms with Gasteiger partial charge in [0.2, 0.25) is 0 Å². The summed E-state index contributed by atoms with van der Waals surface area (Å²) in [4.78, 5) is 4.31. The van der Waals surface area contributed by atoms with E-state index in [0.29, 0.717) is 22.4 Å². The molecule has 0 spiro atoms. The molecule has 1 aromatic heterocycles. The summed E-state index contributed by atoms with van der Waals surface area (Å²) >= 11 is 12.8. The fourth-order valence-corrected chi connectivity index (χ4v) is 3.18. The maximum atomic E-state index is 6.42. The molecule has 2 N–H and O–H groups in total. The molecule has 2 aromatic carbocycles. The second-order valence-electron chi connectivity index (χ2n) is 5.95. The SMILES string of the molecule is Cc1cccc(N(C)N)c1COc1cc(Cl)c(-c2ccccn2)cc1Cl. The Morgan fingerprint density at radius 2 is 1.88 bits per heavy atom. The Labute approximate surface area is 163 Å². The average molecular weight is 388 g/mol. The number of hydrogen-bond donors (Lipinski definition) is 1. The predicted octanol–water partition coefficient (Wildman–Crippen LogP) is 5.25. The highest BCUT2D eigenvalue weighted by Crippen LogP contribution is 2.36. The maximum absolute atomic E-state index is 6.42. The van der Waals surface area contributed by atoms with Crippen molar-refractivity contribution in [1.29, 1.82) is 0 Å². The Morgan fingerprint density at radius 1 is 1.08 bits per heavy atom. The van der Waals surface area contributed by atoms with Crippen LogP contribution in [-0.4, -0.2) is 12.0 Å². The molecule has 3 aromatic rings. The summed E-state index contributed by atoms with van der Waals surface area (Å²) < 4.78 is 5.95. The van der Waals surface area contributed by atoms with Crippen molar-refractivity contribution in [2.45, 2.75) is 13.5 Å². The highest BCUT2D eigenvalue weighted by molar-refractivity contribution is 6.36. The van der Waals surface area contributed by atoms with Gasteiger partial charge in [-0.1, -0.05) is 41.4 Å². The zero-order valence-electron chi connectivity index (χ0n) is 14.5. The number of anilines is 1. The topological polar surface area (TPSA) is 51.4 Å². The molecule has 0 unspecified atom stereocenters. The van der Waals surface area contributed by atoms with Crippen molar-refractivity contribution in [3.05, 3.63) is 75.9 Å². The number of ether oxygens (including phenoxy) is 1. The van der Waals surface area contributed by atoms with Crippen molar-refractivity contribution in [2.75, 3.05) is 12.1 Å². The summed E-state index contributed by atoms with van der Waals surface area (Å²) in [5.41, 5.74) is 4.52. The molecule has 0 aliphatic carbocycles. The first-order chi connectivity index (χ1) is 12.5. The largest absolute Gasteiger partial charge is 0.487 e. The van der Waals surface area contributed by atoms with Crippen LogP contribution in [0, 0.1) is 6.92 Å². The van der Waals surface area contributed by atoms with E-state index in [-0.39, 0.29) is 0 Å². The van der Waals surface area contributed by atoms with Gasteiger partial charge < -0.3 is 9.75 Å². The van der Waals surface area contributed by atoms with Gasteiger partial charge in [0, 0.05) is 30.4 Å². The number of pyridine rings is 1. The van der Waals surface area contributed by atoms with E-state index in [9.17, 15) is 0 Å². The highest BCUT2D eigenvalue weighted by Gasteiger charge is 2.13. The molecule has 0 amide bonds. The van der Waals surface area contributed by atoms with Crippen LogP contribution in [0.4, 0.5) is 5.69 Å². The van der Waals surface area contributed by atoms with Crippen LogP contribution in [0.3, 0.4) is 0 Å². The number of aryl methyl sites for hydroxylation is 1. The first-order valence-corrected chi connectivity index (χ1v) is 8.83. The summed E-state index contributed by atoms with van der Waals surface area (Å²) in [6.45, 7) is 2.35. The molecule has 134 valence electrons. The van der Waals surface area contributed by atoms with Gasteiger partial charge in [0.1, 0.15) is 12.4 Å². The van der Waals surface area contributed by atoms with Gasteiger partial charge in [-0.2, -0.15) is 0 Å². The van der Waals surface area contributed by atoms with Crippen molar-refractivity contribution >= 4 is 28.9 Å². The molecule has 0 fully saturated rings. The van der Waals surface area contributed by atoms with Crippen LogP contribution < -0.4 is 15.6 Å². The Hall–Kier alpha value is -2.27. The van der Waals surface area contributed by atoms with Gasteiger partial charge in [-0.05, 0) is 36.8 Å². The van der Waals surface area contributed by atoms with Gasteiger partial charge in [-0.3, -0.25) is 4.98 Å². The van der Waals surface area contributed by atoms with Crippen LogP contribution in [0.25, 0.3) is 11.3 Å². The van der Waals surface area contributed by atoms with Crippen LogP contribution in [-0.2, 0) is 6.61 Å². The lowest BCUT2D eigenvalue weighted by atomic mass is 10.1. The number of halogens is 2. The van der Waals surface area contributed by atoms with Crippen LogP contribution in [0.1, 0.15) is 11.1 Å². The standard InChI is InChI=1S/C20H19Cl2N3O/c1-13-6-5-8-19(25(2)23)15(13)12-26-20-11-16(21)14(10-17(20)22)18-7-3-4-9-24-18/h3-11H,12,23H2,1-2H3. The lowest BCUT2D eigenvalue weighted by molar-refractivity contribution is 0.306. The molecule has 0 aliphatic heterocycles. The minimum absolute atomic E-state index is 0.336. The first-order valence-electron chi connectivity index (χ1n) is 8.07. The number of rotatable bonds is 5. The normalized spacial score (nSPS) is 10.7. The van der Waals surface area contributed by atoms with E-state index in [1.54, 1.807) is 30.4 Å². The summed E-state index contributed by atoms with van der Waals surface area (Å²) in [5.74, 6) is 6.43. The average Bonchev–Trinajstić information content (AvgIpc) is 2.63. The van der Waals surface area contributed by atoms with Crippen LogP contribution in [0.15, 0.2) is 54.7 Å². The Balaban J connectivity index is 1.87. The lowest BCUT2D eigenvalue weighted by Crippen LogP contribution is -2.26. The molecule has 3 rings (SSSR count). The monoisotopic (exact) mass is 387 g/mol. The van der Waals surface area contributed by atoms with Gasteiger partial charge in [0.25, 0.3) is 0 Å². The lowest BCUT2D eigenvalue weighted by Gasteiger charge is -2.19. The van der Waals surface area contributed by atoms with Gasteiger partial charge >= 0.3 is 0 Å². The van der Waals surface area contributed by atoms with Crippen molar-refractivity contribution in [3.63, 3.8) is 0 Å². The van der Waals surface area contributed by atoms with E-state index in [1.807, 2.05) is 43.3 Å². The molecule has 1 heterocycles. The van der Waals surface area contributed by atoms with Crippen LogP contribution in [0.5, 0.6) is 5.75 Å². The smallest absolute Gasteiger partial charge is 0.139 e. The minimum atomic E-state index is 0.336. The van der Waals surface area contributed by atoms with Crippen LogP contribution in [0.2, 0.25) is 10.0 Å². The first kappa shape index (κ1) is 18.5. The van der Waals surface area contributed by atoms with Crippen molar-refractivity contribution in [3.8, 4) is 17.0 Å². The Kier molecular flexibility index (Phi) is 5.67.